The maximum Gasteiger partial charge on any atom is 0.356 e. The van der Waals surface area contributed by atoms with Crippen LogP contribution in [0.5, 0.6) is 11.5 Å². The molecular formula is C22H20BrClN2O4. The molecule has 0 fully saturated rings. The summed E-state index contributed by atoms with van der Waals surface area (Å²) in [5.74, 6) is 0.0898. The van der Waals surface area contributed by atoms with Crippen LogP contribution in [0.25, 0.3) is 0 Å². The highest BCUT2D eigenvalue weighted by Crippen LogP contribution is 2.38. The van der Waals surface area contributed by atoms with E-state index < -0.39 is 5.97 Å². The average Bonchev–Trinajstić information content (AvgIpc) is 3.30. The summed E-state index contributed by atoms with van der Waals surface area (Å²) in [7, 11) is 0. The van der Waals surface area contributed by atoms with Gasteiger partial charge in [0.05, 0.1) is 5.69 Å². The van der Waals surface area contributed by atoms with Gasteiger partial charge < -0.3 is 19.1 Å². The second kappa shape index (κ2) is 8.32. The number of hydrogen-bond acceptors (Lipinski definition) is 4. The number of ether oxygens (including phenoxy) is 2. The Morgan fingerprint density at radius 1 is 1.20 bits per heavy atom. The number of hydrogen-bond donors (Lipinski definition) is 1. The molecule has 0 saturated carbocycles. The predicted octanol–water partition coefficient (Wildman–Crippen LogP) is 5.68. The van der Waals surface area contributed by atoms with E-state index in [4.69, 9.17) is 21.1 Å². The van der Waals surface area contributed by atoms with Gasteiger partial charge in [0.1, 0.15) is 0 Å². The third-order valence-electron chi connectivity index (χ3n) is 5.10. The number of nitrogens with zero attached hydrogens (tertiary/aromatic N) is 2. The molecule has 4 rings (SSSR count). The van der Waals surface area contributed by atoms with Crippen LogP contribution in [0.1, 0.15) is 53.1 Å². The summed E-state index contributed by atoms with van der Waals surface area (Å²) in [5, 5.41) is 10.5. The Morgan fingerprint density at radius 3 is 2.57 bits per heavy atom. The van der Waals surface area contributed by atoms with E-state index in [2.05, 4.69) is 20.9 Å². The molecule has 8 heteroatoms. The van der Waals surface area contributed by atoms with Gasteiger partial charge in [0.2, 0.25) is 6.79 Å². The zero-order valence-electron chi connectivity index (χ0n) is 16.4. The molecule has 0 amide bonds. The second-order valence-electron chi connectivity index (χ2n) is 7.38. The SMILES string of the molecule is CC(C)n1c(Br)nc(C(=O)O)c1C(Cc1ccc2c(c1)OCO2)c1ccc(Cl)cc1. The number of carboxylic acid groups (broad SMARTS) is 1. The lowest BCUT2D eigenvalue weighted by Crippen LogP contribution is -2.17. The van der Waals surface area contributed by atoms with Gasteiger partial charge >= 0.3 is 5.97 Å². The Hall–Kier alpha value is -2.51. The number of fused-ring (bicyclic) bond motifs is 1. The van der Waals surface area contributed by atoms with Crippen molar-refractivity contribution >= 4 is 33.5 Å². The van der Waals surface area contributed by atoms with Crippen molar-refractivity contribution in [1.82, 2.24) is 9.55 Å². The fourth-order valence-electron chi connectivity index (χ4n) is 3.77. The van der Waals surface area contributed by atoms with E-state index in [0.717, 1.165) is 11.1 Å². The summed E-state index contributed by atoms with van der Waals surface area (Å²) in [4.78, 5) is 16.4. The quantitative estimate of drug-likeness (QED) is 0.480. The fraction of sp³-hybridized carbons (Fsp3) is 0.273. The molecule has 0 aliphatic carbocycles. The minimum absolute atomic E-state index is 0.0153. The van der Waals surface area contributed by atoms with E-state index in [1.54, 1.807) is 0 Å². The molecule has 0 radical (unpaired) electrons. The van der Waals surface area contributed by atoms with E-state index in [1.807, 2.05) is 60.9 Å². The van der Waals surface area contributed by atoms with Gasteiger partial charge in [-0.25, -0.2) is 9.78 Å². The highest BCUT2D eigenvalue weighted by atomic mass is 79.9. The van der Waals surface area contributed by atoms with Crippen molar-refractivity contribution in [3.8, 4) is 11.5 Å². The van der Waals surface area contributed by atoms with Crippen LogP contribution >= 0.6 is 27.5 Å². The van der Waals surface area contributed by atoms with E-state index in [9.17, 15) is 9.90 Å². The Morgan fingerprint density at radius 2 is 1.90 bits per heavy atom. The molecular weight excluding hydrogens is 472 g/mol. The largest absolute Gasteiger partial charge is 0.476 e. The van der Waals surface area contributed by atoms with Gasteiger partial charge in [0, 0.05) is 17.0 Å². The van der Waals surface area contributed by atoms with Crippen molar-refractivity contribution in [2.24, 2.45) is 0 Å². The standard InChI is InChI=1S/C22H20BrClN2O4/c1-12(2)26-20(19(21(27)28)25-22(26)23)16(14-4-6-15(24)7-5-14)9-13-3-8-17-18(10-13)30-11-29-17/h3-8,10,12,16H,9,11H2,1-2H3,(H,27,28). The number of aromatic nitrogens is 2. The third kappa shape index (κ3) is 3.91. The van der Waals surface area contributed by atoms with Crippen molar-refractivity contribution in [2.45, 2.75) is 32.2 Å². The van der Waals surface area contributed by atoms with E-state index in [0.29, 0.717) is 33.4 Å². The van der Waals surface area contributed by atoms with Gasteiger partial charge in [-0.2, -0.15) is 0 Å². The monoisotopic (exact) mass is 490 g/mol. The highest BCUT2D eigenvalue weighted by molar-refractivity contribution is 9.10. The first-order valence-electron chi connectivity index (χ1n) is 9.50. The Labute approximate surface area is 187 Å². The number of imidazole rings is 1. The summed E-state index contributed by atoms with van der Waals surface area (Å²) < 4.78 is 13.3. The molecule has 6 nitrogen and oxygen atoms in total. The van der Waals surface area contributed by atoms with E-state index in [-0.39, 0.29) is 24.4 Å². The lowest BCUT2D eigenvalue weighted by molar-refractivity contribution is 0.0689. The second-order valence-corrected chi connectivity index (χ2v) is 8.53. The number of benzene rings is 2. The normalized spacial score (nSPS) is 13.6. The molecule has 0 saturated heterocycles. The first kappa shape index (κ1) is 20.8. The molecule has 2 aromatic carbocycles. The van der Waals surface area contributed by atoms with Gasteiger partial charge in [-0.3, -0.25) is 0 Å². The number of rotatable bonds is 6. The maximum absolute atomic E-state index is 12.1. The molecule has 1 aliphatic heterocycles. The summed E-state index contributed by atoms with van der Waals surface area (Å²) in [6.07, 6.45) is 0.559. The predicted molar refractivity (Wildman–Crippen MR) is 117 cm³/mol. The highest BCUT2D eigenvalue weighted by Gasteiger charge is 2.30. The van der Waals surface area contributed by atoms with E-state index >= 15 is 0 Å². The molecule has 156 valence electrons. The topological polar surface area (TPSA) is 73.6 Å². The minimum Gasteiger partial charge on any atom is -0.476 e. The zero-order valence-corrected chi connectivity index (χ0v) is 18.8. The summed E-state index contributed by atoms with van der Waals surface area (Å²) in [6, 6.07) is 13.3. The van der Waals surface area contributed by atoms with Crippen LogP contribution in [0.2, 0.25) is 5.02 Å². The van der Waals surface area contributed by atoms with Crippen LogP contribution in [0.15, 0.2) is 47.2 Å². The molecule has 1 atom stereocenters. The van der Waals surface area contributed by atoms with Crippen molar-refractivity contribution in [2.75, 3.05) is 6.79 Å². The number of carboxylic acids is 1. The van der Waals surface area contributed by atoms with Crippen LogP contribution in [0.3, 0.4) is 0 Å². The Bertz CT molecular complexity index is 1100. The van der Waals surface area contributed by atoms with Crippen molar-refractivity contribution < 1.29 is 19.4 Å². The van der Waals surface area contributed by atoms with Crippen molar-refractivity contribution in [3.05, 3.63) is 74.7 Å². The number of halogens is 2. The number of aromatic carboxylic acids is 1. The summed E-state index contributed by atoms with van der Waals surface area (Å²) >= 11 is 9.55. The number of carbonyl (C=O) groups is 1. The molecule has 1 N–H and O–H groups in total. The van der Waals surface area contributed by atoms with Crippen LogP contribution in [-0.2, 0) is 6.42 Å². The van der Waals surface area contributed by atoms with Crippen LogP contribution in [-0.4, -0.2) is 27.4 Å². The molecule has 0 bridgehead atoms. The van der Waals surface area contributed by atoms with Crippen molar-refractivity contribution in [3.63, 3.8) is 0 Å². The van der Waals surface area contributed by atoms with Gasteiger partial charge in [0.25, 0.3) is 0 Å². The first-order chi connectivity index (χ1) is 14.3. The zero-order chi connectivity index (χ0) is 21.4. The fourth-order valence-corrected chi connectivity index (χ4v) is 4.67. The molecule has 1 unspecified atom stereocenters. The smallest absolute Gasteiger partial charge is 0.356 e. The molecule has 2 heterocycles. The average molecular weight is 492 g/mol. The van der Waals surface area contributed by atoms with Crippen LogP contribution in [0.4, 0.5) is 0 Å². The van der Waals surface area contributed by atoms with E-state index in [1.165, 1.54) is 0 Å². The maximum atomic E-state index is 12.1. The summed E-state index contributed by atoms with van der Waals surface area (Å²) in [6.45, 7) is 4.21. The van der Waals surface area contributed by atoms with Crippen LogP contribution < -0.4 is 9.47 Å². The Kier molecular flexibility index (Phi) is 5.75. The molecule has 1 aromatic heterocycles. The first-order valence-corrected chi connectivity index (χ1v) is 10.7. The molecule has 30 heavy (non-hydrogen) atoms. The minimum atomic E-state index is -1.06. The molecule has 0 spiro atoms. The van der Waals surface area contributed by atoms with Gasteiger partial charge in [-0.05, 0) is 71.6 Å². The lowest BCUT2D eigenvalue weighted by Gasteiger charge is -2.23. The van der Waals surface area contributed by atoms with Crippen LogP contribution in [0, 0.1) is 0 Å². The summed E-state index contributed by atoms with van der Waals surface area (Å²) in [5.41, 5.74) is 2.64. The Balaban J connectivity index is 1.86. The van der Waals surface area contributed by atoms with Crippen molar-refractivity contribution in [1.29, 1.82) is 0 Å². The molecule has 3 aromatic rings. The van der Waals surface area contributed by atoms with Gasteiger partial charge in [-0.1, -0.05) is 29.8 Å². The van der Waals surface area contributed by atoms with Gasteiger partial charge in [0.15, 0.2) is 21.9 Å². The van der Waals surface area contributed by atoms with Gasteiger partial charge in [-0.15, -0.1) is 0 Å². The lowest BCUT2D eigenvalue weighted by atomic mass is 9.87. The molecule has 1 aliphatic rings. The third-order valence-corrected chi connectivity index (χ3v) is 5.91.